The van der Waals surface area contributed by atoms with Crippen LogP contribution >= 0.6 is 0 Å². The van der Waals surface area contributed by atoms with Crippen molar-refractivity contribution in [2.45, 2.75) is 0 Å². The van der Waals surface area contributed by atoms with Crippen LogP contribution in [0.4, 0.5) is 5.69 Å². The molecule has 0 heterocycles. The number of ether oxygens (including phenoxy) is 2. The van der Waals surface area contributed by atoms with Crippen molar-refractivity contribution in [1.82, 2.24) is 0 Å². The van der Waals surface area contributed by atoms with Crippen molar-refractivity contribution in [3.05, 3.63) is 54.1 Å². The smallest absolute Gasteiger partial charge is 0.339 e. The van der Waals surface area contributed by atoms with Gasteiger partial charge in [-0.3, -0.25) is 4.79 Å². The summed E-state index contributed by atoms with van der Waals surface area (Å²) in [6.07, 6.45) is 0. The maximum absolute atomic E-state index is 12.0. The van der Waals surface area contributed by atoms with E-state index < -0.39 is 31.1 Å². The number of benzene rings is 2. The first kappa shape index (κ1) is 18.2. The summed E-state index contributed by atoms with van der Waals surface area (Å²) in [6, 6.07) is 14.4. The fourth-order valence-electron chi connectivity index (χ4n) is 2.16. The van der Waals surface area contributed by atoms with Crippen LogP contribution in [0.25, 0.3) is 11.1 Å². The maximum atomic E-state index is 12.0. The fraction of sp³-hybridized carbons (Fsp3) is 0.167. The molecule has 0 saturated carbocycles. The second kappa shape index (κ2) is 8.60. The number of esters is 1. The van der Waals surface area contributed by atoms with E-state index in [9.17, 15) is 14.4 Å². The van der Waals surface area contributed by atoms with Gasteiger partial charge >= 0.3 is 11.9 Å². The van der Waals surface area contributed by atoms with E-state index in [1.807, 2.05) is 30.3 Å². The van der Waals surface area contributed by atoms with E-state index in [1.54, 1.807) is 18.2 Å². The summed E-state index contributed by atoms with van der Waals surface area (Å²) >= 11 is 0. The number of hydrogen-bond acceptors (Lipinski definition) is 5. The molecule has 25 heavy (non-hydrogen) atoms. The van der Waals surface area contributed by atoms with Crippen LogP contribution in [-0.2, 0) is 19.1 Å². The van der Waals surface area contributed by atoms with Crippen molar-refractivity contribution in [2.75, 3.05) is 25.6 Å². The molecule has 2 aromatic carbocycles. The van der Waals surface area contributed by atoms with Gasteiger partial charge in [-0.1, -0.05) is 36.4 Å². The van der Waals surface area contributed by atoms with Gasteiger partial charge in [-0.15, -0.1) is 0 Å². The lowest BCUT2D eigenvalue weighted by Gasteiger charge is -2.12. The van der Waals surface area contributed by atoms with E-state index in [2.05, 4.69) is 5.32 Å². The molecular formula is C18H17NO6. The Morgan fingerprint density at radius 1 is 1.00 bits per heavy atom. The average molecular weight is 343 g/mol. The Labute approximate surface area is 144 Å². The Balaban J connectivity index is 2.21. The van der Waals surface area contributed by atoms with Crippen LogP contribution in [0.15, 0.2) is 48.5 Å². The monoisotopic (exact) mass is 343 g/mol. The van der Waals surface area contributed by atoms with Crippen molar-refractivity contribution in [3.8, 4) is 11.1 Å². The minimum Gasteiger partial charge on any atom is -0.480 e. The van der Waals surface area contributed by atoms with E-state index in [-0.39, 0.29) is 11.3 Å². The van der Waals surface area contributed by atoms with Crippen molar-refractivity contribution in [1.29, 1.82) is 0 Å². The first-order chi connectivity index (χ1) is 12.0. The Morgan fingerprint density at radius 2 is 1.72 bits per heavy atom. The molecule has 2 N–H and O–H groups in total. The third-order valence-corrected chi connectivity index (χ3v) is 3.26. The largest absolute Gasteiger partial charge is 0.480 e. The number of nitrogens with one attached hydrogen (secondary N) is 1. The van der Waals surface area contributed by atoms with Crippen molar-refractivity contribution in [2.24, 2.45) is 0 Å². The van der Waals surface area contributed by atoms with E-state index >= 15 is 0 Å². The van der Waals surface area contributed by atoms with Crippen molar-refractivity contribution in [3.63, 3.8) is 0 Å². The molecule has 0 radical (unpaired) electrons. The summed E-state index contributed by atoms with van der Waals surface area (Å²) in [6.45, 7) is -1.02. The molecule has 0 atom stereocenters. The molecule has 2 aromatic rings. The number of carboxylic acid groups (broad SMARTS) is 1. The Bertz CT molecular complexity index is 772. The normalized spacial score (nSPS) is 10.1. The van der Waals surface area contributed by atoms with Crippen LogP contribution < -0.4 is 5.32 Å². The molecule has 0 aliphatic carbocycles. The lowest BCUT2D eigenvalue weighted by atomic mass is 10.0. The maximum Gasteiger partial charge on any atom is 0.339 e. The van der Waals surface area contributed by atoms with Crippen LogP contribution in [-0.4, -0.2) is 43.3 Å². The molecule has 0 spiro atoms. The van der Waals surface area contributed by atoms with Gasteiger partial charge in [0.1, 0.15) is 13.2 Å². The van der Waals surface area contributed by atoms with Gasteiger partial charge in [-0.05, 0) is 23.3 Å². The van der Waals surface area contributed by atoms with Gasteiger partial charge in [0.25, 0.3) is 0 Å². The molecule has 2 rings (SSSR count). The number of methoxy groups -OCH3 is 1. The second-order valence-corrected chi connectivity index (χ2v) is 5.05. The van der Waals surface area contributed by atoms with Gasteiger partial charge in [0.15, 0.2) is 0 Å². The number of amides is 1. The molecule has 0 aliphatic rings. The summed E-state index contributed by atoms with van der Waals surface area (Å²) in [5.41, 5.74) is 2.15. The highest BCUT2D eigenvalue weighted by atomic mass is 16.5. The Kier molecular flexibility index (Phi) is 6.25. The molecule has 0 aromatic heterocycles. The zero-order valence-corrected chi connectivity index (χ0v) is 13.5. The number of carbonyl (C=O) groups is 3. The molecule has 130 valence electrons. The molecule has 7 nitrogen and oxygen atoms in total. The van der Waals surface area contributed by atoms with Crippen LogP contribution in [0.5, 0.6) is 0 Å². The van der Waals surface area contributed by atoms with Gasteiger partial charge < -0.3 is 19.9 Å². The molecule has 0 saturated heterocycles. The van der Waals surface area contributed by atoms with Crippen molar-refractivity contribution < 1.29 is 29.0 Å². The van der Waals surface area contributed by atoms with Crippen LogP contribution in [0.1, 0.15) is 10.4 Å². The molecule has 0 fully saturated rings. The first-order valence-electron chi connectivity index (χ1n) is 7.38. The Hall–Kier alpha value is -3.19. The highest BCUT2D eigenvalue weighted by Gasteiger charge is 2.16. The summed E-state index contributed by atoms with van der Waals surface area (Å²) in [4.78, 5) is 34.2. The SMILES string of the molecule is COC(=O)c1cc(-c2ccccc2)ccc1NC(=O)COCC(=O)O. The zero-order chi connectivity index (χ0) is 18.2. The number of anilines is 1. The molecule has 0 bridgehead atoms. The van der Waals surface area contributed by atoms with Gasteiger partial charge in [-0.25, -0.2) is 9.59 Å². The number of rotatable bonds is 7. The number of aliphatic carboxylic acids is 1. The molecule has 1 amide bonds. The lowest BCUT2D eigenvalue weighted by Crippen LogP contribution is -2.22. The van der Waals surface area contributed by atoms with Gasteiger partial charge in [-0.2, -0.15) is 0 Å². The van der Waals surface area contributed by atoms with E-state index in [1.165, 1.54) is 7.11 Å². The minimum absolute atomic E-state index is 0.190. The summed E-state index contributed by atoms with van der Waals surface area (Å²) in [5, 5.41) is 11.0. The summed E-state index contributed by atoms with van der Waals surface area (Å²) < 4.78 is 9.48. The minimum atomic E-state index is -1.17. The molecule has 0 unspecified atom stereocenters. The highest BCUT2D eigenvalue weighted by Crippen LogP contribution is 2.26. The van der Waals surface area contributed by atoms with Gasteiger partial charge in [0.2, 0.25) is 5.91 Å². The third-order valence-electron chi connectivity index (χ3n) is 3.26. The van der Waals surface area contributed by atoms with Crippen molar-refractivity contribution >= 4 is 23.5 Å². The third kappa shape index (κ3) is 5.15. The topological polar surface area (TPSA) is 102 Å². The van der Waals surface area contributed by atoms with E-state index in [0.717, 1.165) is 11.1 Å². The first-order valence-corrected chi connectivity index (χ1v) is 7.38. The quantitative estimate of drug-likeness (QED) is 0.747. The predicted octanol–water partition coefficient (Wildman–Crippen LogP) is 2.18. The van der Waals surface area contributed by atoms with E-state index in [4.69, 9.17) is 14.6 Å². The van der Waals surface area contributed by atoms with Crippen LogP contribution in [0, 0.1) is 0 Å². The van der Waals surface area contributed by atoms with Crippen LogP contribution in [0.3, 0.4) is 0 Å². The fourth-order valence-corrected chi connectivity index (χ4v) is 2.16. The Morgan fingerprint density at radius 3 is 2.36 bits per heavy atom. The van der Waals surface area contributed by atoms with Gasteiger partial charge in [0, 0.05) is 0 Å². The van der Waals surface area contributed by atoms with Gasteiger partial charge in [0.05, 0.1) is 18.4 Å². The second-order valence-electron chi connectivity index (χ2n) is 5.05. The lowest BCUT2D eigenvalue weighted by molar-refractivity contribution is -0.143. The highest BCUT2D eigenvalue weighted by molar-refractivity contribution is 6.02. The molecule has 7 heteroatoms. The predicted molar refractivity (Wildman–Crippen MR) is 90.3 cm³/mol. The number of carbonyl (C=O) groups excluding carboxylic acids is 2. The number of hydrogen-bond donors (Lipinski definition) is 2. The molecule has 0 aliphatic heterocycles. The average Bonchev–Trinajstić information content (AvgIpc) is 2.61. The number of carboxylic acids is 1. The molecular weight excluding hydrogens is 326 g/mol. The summed E-state index contributed by atoms with van der Waals surface area (Å²) in [7, 11) is 1.25. The van der Waals surface area contributed by atoms with Crippen LogP contribution in [0.2, 0.25) is 0 Å². The standard InChI is InChI=1S/C18H17NO6/c1-24-18(23)14-9-13(12-5-3-2-4-6-12)7-8-15(14)19-16(20)10-25-11-17(21)22/h2-9H,10-11H2,1H3,(H,19,20)(H,21,22). The zero-order valence-electron chi connectivity index (χ0n) is 13.5. The van der Waals surface area contributed by atoms with E-state index in [0.29, 0.717) is 0 Å². The summed E-state index contributed by atoms with van der Waals surface area (Å²) in [5.74, 6) is -2.34.